The third-order valence-electron chi connectivity index (χ3n) is 3.14. The first-order valence-corrected chi connectivity index (χ1v) is 8.44. The highest BCUT2D eigenvalue weighted by Gasteiger charge is 2.23. The largest absolute Gasteiger partial charge is 0.475 e. The fraction of sp³-hybridized carbons (Fsp3) is 0.333. The van der Waals surface area contributed by atoms with E-state index in [4.69, 9.17) is 10.5 Å². The van der Waals surface area contributed by atoms with Crippen LogP contribution in [-0.4, -0.2) is 24.5 Å². The van der Waals surface area contributed by atoms with Gasteiger partial charge in [0, 0.05) is 6.07 Å². The molecule has 1 atom stereocenters. The van der Waals surface area contributed by atoms with Crippen molar-refractivity contribution in [2.75, 3.05) is 5.73 Å². The number of aryl methyl sites for hydroxylation is 1. The van der Waals surface area contributed by atoms with Crippen LogP contribution in [0.5, 0.6) is 5.88 Å². The molecule has 1 unspecified atom stereocenters. The lowest BCUT2D eigenvalue weighted by Crippen LogP contribution is -2.14. The molecular formula is C15H19N3O3S. The Morgan fingerprint density at radius 2 is 2.00 bits per heavy atom. The topological polar surface area (TPSA) is 95.2 Å². The summed E-state index contributed by atoms with van der Waals surface area (Å²) in [6.07, 6.45) is 0.674. The molecule has 0 spiro atoms. The van der Waals surface area contributed by atoms with E-state index in [9.17, 15) is 8.42 Å². The second-order valence-corrected chi connectivity index (χ2v) is 6.91. The van der Waals surface area contributed by atoms with Gasteiger partial charge in [-0.15, -0.1) is 0 Å². The fourth-order valence-corrected chi connectivity index (χ4v) is 3.02. The quantitative estimate of drug-likeness (QED) is 0.850. The highest BCUT2D eigenvalue weighted by atomic mass is 32.2. The van der Waals surface area contributed by atoms with E-state index < -0.39 is 9.84 Å². The molecule has 7 heteroatoms. The van der Waals surface area contributed by atoms with Crippen LogP contribution in [0.3, 0.4) is 0 Å². The van der Waals surface area contributed by atoms with Crippen molar-refractivity contribution in [1.82, 2.24) is 9.97 Å². The molecule has 0 saturated carbocycles. The van der Waals surface area contributed by atoms with Gasteiger partial charge in [-0.1, -0.05) is 19.1 Å². The zero-order valence-corrected chi connectivity index (χ0v) is 13.6. The molecule has 2 rings (SSSR count). The van der Waals surface area contributed by atoms with E-state index in [1.54, 1.807) is 12.1 Å². The van der Waals surface area contributed by atoms with Gasteiger partial charge in [0.2, 0.25) is 15.7 Å². The molecule has 0 aliphatic rings. The highest BCUT2D eigenvalue weighted by molar-refractivity contribution is 7.91. The molecule has 0 bridgehead atoms. The Morgan fingerprint density at radius 3 is 2.64 bits per heavy atom. The Labute approximate surface area is 130 Å². The molecule has 1 aromatic heterocycles. The standard InChI is InChI=1S/C15H19N3O3S/c1-4-11(3)21-14-9-13(16)17-15(18-14)22(19,20)12-7-5-6-10(2)8-12/h5-9,11H,4H2,1-3H3,(H2,16,17,18). The van der Waals surface area contributed by atoms with Gasteiger partial charge >= 0.3 is 0 Å². The van der Waals surface area contributed by atoms with Crippen LogP contribution in [0.25, 0.3) is 0 Å². The number of nitrogens with two attached hydrogens (primary N) is 1. The van der Waals surface area contributed by atoms with E-state index in [1.165, 1.54) is 12.1 Å². The number of anilines is 1. The minimum absolute atomic E-state index is 0.0551. The molecule has 0 amide bonds. The molecule has 1 heterocycles. The van der Waals surface area contributed by atoms with Crippen molar-refractivity contribution in [3.8, 4) is 5.88 Å². The van der Waals surface area contributed by atoms with Crippen LogP contribution < -0.4 is 10.5 Å². The molecule has 0 aliphatic carbocycles. The Balaban J connectivity index is 2.47. The van der Waals surface area contributed by atoms with Crippen molar-refractivity contribution >= 4 is 15.7 Å². The van der Waals surface area contributed by atoms with Crippen molar-refractivity contribution in [2.45, 2.75) is 43.3 Å². The fourth-order valence-electron chi connectivity index (χ4n) is 1.78. The van der Waals surface area contributed by atoms with E-state index in [0.29, 0.717) is 0 Å². The van der Waals surface area contributed by atoms with E-state index in [2.05, 4.69) is 9.97 Å². The Kier molecular flexibility index (Phi) is 4.65. The molecular weight excluding hydrogens is 302 g/mol. The van der Waals surface area contributed by atoms with E-state index >= 15 is 0 Å². The van der Waals surface area contributed by atoms with Gasteiger partial charge in [0.15, 0.2) is 0 Å². The Hall–Kier alpha value is -2.15. The normalized spacial score (nSPS) is 12.9. The van der Waals surface area contributed by atoms with Crippen LogP contribution in [-0.2, 0) is 9.84 Å². The van der Waals surface area contributed by atoms with Crippen LogP contribution in [0.15, 0.2) is 40.4 Å². The molecule has 0 radical (unpaired) electrons. The highest BCUT2D eigenvalue weighted by Crippen LogP contribution is 2.22. The lowest BCUT2D eigenvalue weighted by atomic mass is 10.2. The Bertz CT molecular complexity index is 775. The predicted molar refractivity (Wildman–Crippen MR) is 83.5 cm³/mol. The number of hydrogen-bond donors (Lipinski definition) is 1. The number of rotatable bonds is 5. The van der Waals surface area contributed by atoms with Crippen molar-refractivity contribution in [3.63, 3.8) is 0 Å². The minimum Gasteiger partial charge on any atom is -0.475 e. The number of benzene rings is 1. The molecule has 2 N–H and O–H groups in total. The van der Waals surface area contributed by atoms with Gasteiger partial charge in [0.1, 0.15) is 5.82 Å². The van der Waals surface area contributed by atoms with Gasteiger partial charge < -0.3 is 10.5 Å². The number of nitrogens with zero attached hydrogens (tertiary/aromatic N) is 2. The van der Waals surface area contributed by atoms with Gasteiger partial charge in [0.05, 0.1) is 11.0 Å². The monoisotopic (exact) mass is 321 g/mol. The maximum absolute atomic E-state index is 12.6. The van der Waals surface area contributed by atoms with Crippen molar-refractivity contribution in [2.24, 2.45) is 0 Å². The number of ether oxygens (including phenoxy) is 1. The van der Waals surface area contributed by atoms with Gasteiger partial charge in [-0.2, -0.15) is 4.98 Å². The van der Waals surface area contributed by atoms with E-state index in [0.717, 1.165) is 12.0 Å². The molecule has 22 heavy (non-hydrogen) atoms. The average molecular weight is 321 g/mol. The summed E-state index contributed by atoms with van der Waals surface area (Å²) in [5.74, 6) is 0.215. The summed E-state index contributed by atoms with van der Waals surface area (Å²) in [4.78, 5) is 7.97. The third-order valence-corrected chi connectivity index (χ3v) is 4.68. The second kappa shape index (κ2) is 6.31. The van der Waals surface area contributed by atoms with E-state index in [1.807, 2.05) is 26.8 Å². The van der Waals surface area contributed by atoms with Crippen LogP contribution in [0.1, 0.15) is 25.8 Å². The average Bonchev–Trinajstić information content (AvgIpc) is 2.46. The summed E-state index contributed by atoms with van der Waals surface area (Å²) < 4.78 is 30.8. The van der Waals surface area contributed by atoms with Gasteiger partial charge in [-0.3, -0.25) is 0 Å². The molecule has 0 saturated heterocycles. The number of hydrogen-bond acceptors (Lipinski definition) is 6. The predicted octanol–water partition coefficient (Wildman–Crippen LogP) is 2.38. The smallest absolute Gasteiger partial charge is 0.257 e. The summed E-state index contributed by atoms with van der Waals surface area (Å²) in [7, 11) is -3.83. The molecule has 0 aliphatic heterocycles. The molecule has 2 aromatic rings. The molecule has 1 aromatic carbocycles. The Morgan fingerprint density at radius 1 is 1.27 bits per heavy atom. The van der Waals surface area contributed by atoms with Crippen molar-refractivity contribution < 1.29 is 13.2 Å². The summed E-state index contributed by atoms with van der Waals surface area (Å²) in [6, 6.07) is 7.98. The lowest BCUT2D eigenvalue weighted by Gasteiger charge is -2.13. The van der Waals surface area contributed by atoms with Gasteiger partial charge in [-0.25, -0.2) is 13.4 Å². The number of sulfone groups is 1. The first-order valence-electron chi connectivity index (χ1n) is 6.96. The summed E-state index contributed by atoms with van der Waals surface area (Å²) >= 11 is 0. The van der Waals surface area contributed by atoms with Gasteiger partial charge in [0.25, 0.3) is 5.16 Å². The molecule has 0 fully saturated rings. The van der Waals surface area contributed by atoms with Crippen molar-refractivity contribution in [1.29, 1.82) is 0 Å². The first-order chi connectivity index (χ1) is 10.3. The van der Waals surface area contributed by atoms with Crippen molar-refractivity contribution in [3.05, 3.63) is 35.9 Å². The third kappa shape index (κ3) is 3.54. The maximum Gasteiger partial charge on any atom is 0.257 e. The zero-order chi connectivity index (χ0) is 16.3. The SMILES string of the molecule is CCC(C)Oc1cc(N)nc(S(=O)(=O)c2cccc(C)c2)n1. The number of aromatic nitrogens is 2. The maximum atomic E-state index is 12.6. The summed E-state index contributed by atoms with van der Waals surface area (Å²) in [5, 5.41) is -0.351. The van der Waals surface area contributed by atoms with Crippen LogP contribution in [0.4, 0.5) is 5.82 Å². The minimum atomic E-state index is -3.83. The van der Waals surface area contributed by atoms with Gasteiger partial charge in [-0.05, 0) is 38.0 Å². The molecule has 118 valence electrons. The number of nitrogen functional groups attached to an aromatic ring is 1. The first kappa shape index (κ1) is 16.2. The van der Waals surface area contributed by atoms with E-state index in [-0.39, 0.29) is 27.9 Å². The van der Waals surface area contributed by atoms with Crippen LogP contribution in [0.2, 0.25) is 0 Å². The molecule has 6 nitrogen and oxygen atoms in total. The lowest BCUT2D eigenvalue weighted by molar-refractivity contribution is 0.206. The summed E-state index contributed by atoms with van der Waals surface area (Å²) in [5.41, 5.74) is 6.52. The van der Waals surface area contributed by atoms with Crippen LogP contribution >= 0.6 is 0 Å². The summed E-state index contributed by atoms with van der Waals surface area (Å²) in [6.45, 7) is 5.64. The zero-order valence-electron chi connectivity index (χ0n) is 12.8. The second-order valence-electron chi connectivity index (χ2n) is 5.07. The van der Waals surface area contributed by atoms with Crippen LogP contribution in [0, 0.1) is 6.92 Å².